The van der Waals surface area contributed by atoms with Crippen LogP contribution in [0.5, 0.6) is 0 Å². The van der Waals surface area contributed by atoms with Crippen LogP contribution in [0, 0.1) is 34.5 Å². The van der Waals surface area contributed by atoms with Crippen LogP contribution >= 0.6 is 0 Å². The molecule has 0 unspecified atom stereocenters. The number of hydrogen-bond donors (Lipinski definition) is 0. The molecule has 4 fully saturated rings. The van der Waals surface area contributed by atoms with Crippen molar-refractivity contribution >= 4 is 5.78 Å². The second kappa shape index (κ2) is 4.46. The van der Waals surface area contributed by atoms with Gasteiger partial charge in [-0.2, -0.15) is 0 Å². The summed E-state index contributed by atoms with van der Waals surface area (Å²) in [7, 11) is 0. The molecule has 0 aromatic rings. The lowest BCUT2D eigenvalue weighted by Gasteiger charge is -2.59. The van der Waals surface area contributed by atoms with Gasteiger partial charge < -0.3 is 0 Å². The maximum Gasteiger partial charge on any atom is 0.139 e. The first-order chi connectivity index (χ1) is 9.95. The molecule has 0 aromatic carbocycles. The van der Waals surface area contributed by atoms with E-state index in [1.807, 2.05) is 0 Å². The van der Waals surface area contributed by atoms with E-state index < -0.39 is 0 Å². The third-order valence-corrected chi connectivity index (χ3v) is 8.25. The number of fused-ring (bicyclic) bond motifs is 5. The number of hydrogen-bond acceptors (Lipinski definition) is 1. The average molecular weight is 286 g/mol. The Morgan fingerprint density at radius 3 is 2.62 bits per heavy atom. The minimum absolute atomic E-state index is 0.0377. The summed E-state index contributed by atoms with van der Waals surface area (Å²) in [5.41, 5.74) is 2.02. The Balaban J connectivity index is 1.67. The zero-order valence-corrected chi connectivity index (χ0v) is 13.8. The number of carbonyl (C=O) groups is 1. The predicted molar refractivity (Wildman–Crippen MR) is 85.9 cm³/mol. The Morgan fingerprint density at radius 2 is 1.81 bits per heavy atom. The zero-order valence-electron chi connectivity index (χ0n) is 13.8. The summed E-state index contributed by atoms with van der Waals surface area (Å²) >= 11 is 0. The van der Waals surface area contributed by atoms with Crippen molar-refractivity contribution in [3.63, 3.8) is 0 Å². The molecule has 0 spiro atoms. The van der Waals surface area contributed by atoms with Crippen LogP contribution in [-0.2, 0) is 4.79 Å². The molecule has 1 nitrogen and oxygen atoms in total. The molecule has 0 bridgehead atoms. The number of ketones is 1. The Hall–Kier alpha value is -0.590. The minimum Gasteiger partial charge on any atom is -0.299 e. The van der Waals surface area contributed by atoms with Gasteiger partial charge in [0.25, 0.3) is 0 Å². The van der Waals surface area contributed by atoms with Gasteiger partial charge in [-0.05, 0) is 80.5 Å². The van der Waals surface area contributed by atoms with Crippen LogP contribution in [0.15, 0.2) is 12.2 Å². The van der Waals surface area contributed by atoms with Gasteiger partial charge in [0.1, 0.15) is 5.78 Å². The molecule has 4 rings (SSSR count). The molecule has 0 N–H and O–H groups in total. The molecule has 4 aliphatic rings. The lowest BCUT2D eigenvalue weighted by molar-refractivity contribution is -0.137. The van der Waals surface area contributed by atoms with Crippen LogP contribution in [0.2, 0.25) is 0 Å². The summed E-state index contributed by atoms with van der Waals surface area (Å²) < 4.78 is 0. The van der Waals surface area contributed by atoms with Gasteiger partial charge in [0.15, 0.2) is 0 Å². The lowest BCUT2D eigenvalue weighted by Crippen LogP contribution is -2.53. The first-order valence-corrected chi connectivity index (χ1v) is 9.15. The van der Waals surface area contributed by atoms with Gasteiger partial charge >= 0.3 is 0 Å². The third-order valence-electron chi connectivity index (χ3n) is 8.25. The van der Waals surface area contributed by atoms with Gasteiger partial charge in [0, 0.05) is 11.8 Å². The van der Waals surface area contributed by atoms with Crippen LogP contribution in [0.1, 0.15) is 71.6 Å². The van der Waals surface area contributed by atoms with Crippen molar-refractivity contribution in [3.8, 4) is 0 Å². The van der Waals surface area contributed by atoms with E-state index in [1.54, 1.807) is 0 Å². The Bertz CT molecular complexity index is 492. The van der Waals surface area contributed by atoms with Crippen molar-refractivity contribution in [1.82, 2.24) is 0 Å². The number of Topliss-reactive ketones (excluding diaryl/α,β-unsaturated/α-hetero) is 1. The first-order valence-electron chi connectivity index (χ1n) is 9.15. The van der Waals surface area contributed by atoms with Crippen LogP contribution in [-0.4, -0.2) is 5.78 Å². The molecule has 0 aliphatic heterocycles. The fourth-order valence-electron chi connectivity index (χ4n) is 7.06. The van der Waals surface area contributed by atoms with E-state index in [2.05, 4.69) is 20.4 Å². The largest absolute Gasteiger partial charge is 0.299 e. The average Bonchev–Trinajstić information content (AvgIpc) is 2.74. The summed E-state index contributed by atoms with van der Waals surface area (Å²) in [5, 5.41) is 0. The lowest BCUT2D eigenvalue weighted by atomic mass is 9.45. The van der Waals surface area contributed by atoms with Crippen molar-refractivity contribution in [1.29, 1.82) is 0 Å². The van der Waals surface area contributed by atoms with Gasteiger partial charge in [0.05, 0.1) is 0 Å². The highest BCUT2D eigenvalue weighted by atomic mass is 16.1. The van der Waals surface area contributed by atoms with Gasteiger partial charge in [0.2, 0.25) is 0 Å². The van der Waals surface area contributed by atoms with Crippen LogP contribution in [0.3, 0.4) is 0 Å². The van der Waals surface area contributed by atoms with E-state index in [-0.39, 0.29) is 5.41 Å². The zero-order chi connectivity index (χ0) is 14.8. The Kier molecular flexibility index (Phi) is 2.98. The van der Waals surface area contributed by atoms with Crippen molar-refractivity contribution in [2.75, 3.05) is 0 Å². The Labute approximate surface area is 129 Å². The summed E-state index contributed by atoms with van der Waals surface area (Å²) in [4.78, 5) is 12.4. The summed E-state index contributed by atoms with van der Waals surface area (Å²) in [6.45, 7) is 9.18. The molecular formula is C20H30O. The summed E-state index contributed by atoms with van der Waals surface area (Å²) in [6.07, 6.45) is 11.2. The quantitative estimate of drug-likeness (QED) is 0.562. The van der Waals surface area contributed by atoms with E-state index in [4.69, 9.17) is 0 Å². The number of allylic oxidation sites excluding steroid dienone is 1. The van der Waals surface area contributed by atoms with E-state index in [0.717, 1.165) is 30.6 Å². The summed E-state index contributed by atoms with van der Waals surface area (Å²) in [5.74, 6) is 3.87. The Morgan fingerprint density at radius 1 is 1.00 bits per heavy atom. The standard InChI is InChI=1S/C20H30O/c1-13-4-5-14-6-7-15-16-8-9-18(21)19(16,2)11-10-17(15)20(14,3)12-13/h14-17H,1,4-12H2,2-3H3/t14-,15+,16+,17+,19+,20+/m1/s1. The maximum absolute atomic E-state index is 12.4. The number of carbonyl (C=O) groups excluding carboxylic acids is 1. The topological polar surface area (TPSA) is 17.1 Å². The van der Waals surface area contributed by atoms with Crippen molar-refractivity contribution < 1.29 is 4.79 Å². The highest BCUT2D eigenvalue weighted by Gasteiger charge is 2.59. The van der Waals surface area contributed by atoms with Crippen LogP contribution in [0.4, 0.5) is 0 Å². The molecule has 21 heavy (non-hydrogen) atoms. The minimum atomic E-state index is 0.0377. The van der Waals surface area contributed by atoms with Crippen LogP contribution in [0.25, 0.3) is 0 Å². The molecule has 0 heterocycles. The SMILES string of the molecule is C=C1CC[C@@H]2CC[C@@H]3[C@H](CC[C@]4(C)C(=O)CC[C@@H]34)[C@@]2(C)C1. The first kappa shape index (κ1) is 14.0. The monoisotopic (exact) mass is 286 g/mol. The van der Waals surface area contributed by atoms with Gasteiger partial charge in [-0.15, -0.1) is 0 Å². The molecule has 0 aromatic heterocycles. The van der Waals surface area contributed by atoms with Gasteiger partial charge in [-0.1, -0.05) is 26.0 Å². The molecule has 0 amide bonds. The second-order valence-electron chi connectivity index (χ2n) is 9.04. The normalized spacial score (nSPS) is 53.0. The van der Waals surface area contributed by atoms with E-state index in [1.165, 1.54) is 50.5 Å². The third kappa shape index (κ3) is 1.79. The summed E-state index contributed by atoms with van der Waals surface area (Å²) in [6, 6.07) is 0. The molecule has 0 radical (unpaired) electrons. The molecule has 1 heteroatoms. The van der Waals surface area contributed by atoms with Crippen molar-refractivity contribution in [2.45, 2.75) is 71.6 Å². The molecular weight excluding hydrogens is 256 g/mol. The highest BCUT2D eigenvalue weighted by molar-refractivity contribution is 5.87. The second-order valence-corrected chi connectivity index (χ2v) is 9.04. The van der Waals surface area contributed by atoms with E-state index in [0.29, 0.717) is 17.1 Å². The molecule has 4 aliphatic carbocycles. The highest BCUT2D eigenvalue weighted by Crippen LogP contribution is 2.65. The van der Waals surface area contributed by atoms with Crippen molar-refractivity contribution in [3.05, 3.63) is 12.2 Å². The fraction of sp³-hybridized carbons (Fsp3) is 0.850. The fourth-order valence-corrected chi connectivity index (χ4v) is 7.06. The van der Waals surface area contributed by atoms with E-state index >= 15 is 0 Å². The van der Waals surface area contributed by atoms with Crippen LogP contribution < -0.4 is 0 Å². The smallest absolute Gasteiger partial charge is 0.139 e. The molecule has 6 atom stereocenters. The van der Waals surface area contributed by atoms with Gasteiger partial charge in [-0.3, -0.25) is 4.79 Å². The van der Waals surface area contributed by atoms with E-state index in [9.17, 15) is 4.79 Å². The maximum atomic E-state index is 12.4. The molecule has 0 saturated heterocycles. The number of rotatable bonds is 0. The molecule has 4 saturated carbocycles. The van der Waals surface area contributed by atoms with Crippen molar-refractivity contribution in [2.24, 2.45) is 34.5 Å². The predicted octanol–water partition coefficient (Wildman–Crippen LogP) is 5.15. The molecule has 116 valence electrons. The van der Waals surface area contributed by atoms with Gasteiger partial charge in [-0.25, -0.2) is 0 Å².